The first kappa shape index (κ1) is 28.9. The maximum Gasteiger partial charge on any atom is 0.341 e. The number of aromatic nitrogens is 2. The fourth-order valence-electron chi connectivity index (χ4n) is 3.88. The van der Waals surface area contributed by atoms with E-state index in [2.05, 4.69) is 9.97 Å². The van der Waals surface area contributed by atoms with Gasteiger partial charge in [-0.15, -0.1) is 11.8 Å². The van der Waals surface area contributed by atoms with Crippen LogP contribution in [0.3, 0.4) is 0 Å². The van der Waals surface area contributed by atoms with Crippen LogP contribution in [0.15, 0.2) is 130 Å². The molecule has 0 aliphatic rings. The van der Waals surface area contributed by atoms with Crippen LogP contribution in [-0.2, 0) is 0 Å². The summed E-state index contributed by atoms with van der Waals surface area (Å²) in [5.41, 5.74) is 2.05. The second kappa shape index (κ2) is 13.8. The molecule has 4 aromatic carbocycles. The second-order valence-corrected chi connectivity index (χ2v) is 9.75. The van der Waals surface area contributed by atoms with Gasteiger partial charge in [-0.2, -0.15) is 0 Å². The third kappa shape index (κ3) is 7.74. The van der Waals surface area contributed by atoms with E-state index in [1.54, 1.807) is 24.4 Å². The summed E-state index contributed by atoms with van der Waals surface area (Å²) in [6.45, 7) is 1.98. The molecule has 0 fully saturated rings. The SMILES string of the molecule is CSc1ccc2[nH]cc(C(=O)O)c(=O)c2c1.Cc1ccc2[nH]ccc(=O)c2c1.c1ccc(Oc2ccccc2)cc1. The highest BCUT2D eigenvalue weighted by Crippen LogP contribution is 2.20. The van der Waals surface area contributed by atoms with E-state index < -0.39 is 11.4 Å². The number of rotatable bonds is 4. The Labute approximate surface area is 240 Å². The molecule has 0 saturated carbocycles. The molecule has 0 unspecified atom stereocenters. The van der Waals surface area contributed by atoms with Gasteiger partial charge in [0.25, 0.3) is 0 Å². The van der Waals surface area contributed by atoms with Gasteiger partial charge in [0.05, 0.1) is 0 Å². The van der Waals surface area contributed by atoms with E-state index in [-0.39, 0.29) is 11.0 Å². The van der Waals surface area contributed by atoms with Crippen molar-refractivity contribution < 1.29 is 14.6 Å². The lowest BCUT2D eigenvalue weighted by Crippen LogP contribution is -2.15. The third-order valence-electron chi connectivity index (χ3n) is 5.95. The van der Waals surface area contributed by atoms with Crippen molar-refractivity contribution >= 4 is 39.5 Å². The number of pyridine rings is 2. The molecule has 0 atom stereocenters. The molecule has 41 heavy (non-hydrogen) atoms. The quantitative estimate of drug-likeness (QED) is 0.194. The number of ether oxygens (including phenoxy) is 1. The largest absolute Gasteiger partial charge is 0.477 e. The van der Waals surface area contributed by atoms with Crippen molar-refractivity contribution in [3.05, 3.63) is 147 Å². The zero-order valence-electron chi connectivity index (χ0n) is 22.5. The Morgan fingerprint density at radius 1 is 0.756 bits per heavy atom. The molecule has 2 heterocycles. The number of hydrogen-bond donors (Lipinski definition) is 3. The Morgan fingerprint density at radius 3 is 1.98 bits per heavy atom. The van der Waals surface area contributed by atoms with Gasteiger partial charge in [0.1, 0.15) is 17.1 Å². The predicted octanol–water partition coefficient (Wildman–Crippen LogP) is 7.26. The number of aromatic carboxylic acids is 1. The van der Waals surface area contributed by atoms with Gasteiger partial charge in [-0.25, -0.2) is 4.79 Å². The summed E-state index contributed by atoms with van der Waals surface area (Å²) in [5.74, 6) is 0.528. The zero-order valence-corrected chi connectivity index (χ0v) is 23.3. The highest BCUT2D eigenvalue weighted by Gasteiger charge is 2.11. The van der Waals surface area contributed by atoms with Crippen LogP contribution in [0, 0.1) is 6.92 Å². The molecule has 0 radical (unpaired) electrons. The predicted molar refractivity (Wildman–Crippen MR) is 166 cm³/mol. The number of nitrogens with one attached hydrogen (secondary N) is 2. The van der Waals surface area contributed by atoms with Crippen LogP contribution in [0.5, 0.6) is 11.5 Å². The number of aromatic amines is 2. The van der Waals surface area contributed by atoms with Gasteiger partial charge >= 0.3 is 5.97 Å². The first-order valence-electron chi connectivity index (χ1n) is 12.6. The van der Waals surface area contributed by atoms with Crippen molar-refractivity contribution in [2.24, 2.45) is 0 Å². The third-order valence-corrected chi connectivity index (χ3v) is 6.68. The molecule has 7 nitrogen and oxygen atoms in total. The Morgan fingerprint density at radius 2 is 1.37 bits per heavy atom. The highest BCUT2D eigenvalue weighted by atomic mass is 32.2. The van der Waals surface area contributed by atoms with E-state index in [9.17, 15) is 14.4 Å². The van der Waals surface area contributed by atoms with Crippen molar-refractivity contribution in [1.29, 1.82) is 0 Å². The minimum atomic E-state index is -1.21. The van der Waals surface area contributed by atoms with E-state index in [4.69, 9.17) is 9.84 Å². The number of carbonyl (C=O) groups is 1. The fraction of sp³-hybridized carbons (Fsp3) is 0.0606. The van der Waals surface area contributed by atoms with Crippen LogP contribution >= 0.6 is 11.8 Å². The van der Waals surface area contributed by atoms with Crippen molar-refractivity contribution in [2.75, 3.05) is 6.26 Å². The molecule has 0 bridgehead atoms. The van der Waals surface area contributed by atoms with Gasteiger partial charge < -0.3 is 19.8 Å². The number of benzene rings is 4. The number of H-pyrrole nitrogens is 2. The lowest BCUT2D eigenvalue weighted by Gasteiger charge is -2.03. The minimum absolute atomic E-state index is 0.0763. The number of carboxylic acids is 1. The van der Waals surface area contributed by atoms with E-state index in [0.29, 0.717) is 10.9 Å². The maximum atomic E-state index is 11.8. The summed E-state index contributed by atoms with van der Waals surface area (Å²) in [6, 6.07) is 32.2. The minimum Gasteiger partial charge on any atom is -0.477 e. The fourth-order valence-corrected chi connectivity index (χ4v) is 4.32. The maximum absolute atomic E-state index is 11.8. The van der Waals surface area contributed by atoms with E-state index in [1.807, 2.05) is 98.1 Å². The van der Waals surface area contributed by atoms with Gasteiger partial charge in [0.15, 0.2) is 5.43 Å². The molecule has 0 aliphatic heterocycles. The van der Waals surface area contributed by atoms with E-state index in [0.717, 1.165) is 32.9 Å². The van der Waals surface area contributed by atoms with E-state index in [1.165, 1.54) is 18.0 Å². The smallest absolute Gasteiger partial charge is 0.341 e. The van der Waals surface area contributed by atoms with Gasteiger partial charge in [0.2, 0.25) is 5.43 Å². The molecular formula is C33H28N2O5S. The van der Waals surface area contributed by atoms with Crippen molar-refractivity contribution in [3.8, 4) is 11.5 Å². The topological polar surface area (TPSA) is 112 Å². The Bertz CT molecular complexity index is 1850. The Hall–Kier alpha value is -5.08. The first-order valence-corrected chi connectivity index (χ1v) is 13.9. The summed E-state index contributed by atoms with van der Waals surface area (Å²) in [4.78, 5) is 40.7. The van der Waals surface area contributed by atoms with Gasteiger partial charge in [-0.05, 0) is 67.8 Å². The van der Waals surface area contributed by atoms with Crippen LogP contribution < -0.4 is 15.6 Å². The molecule has 8 heteroatoms. The van der Waals surface area contributed by atoms with Crippen LogP contribution in [-0.4, -0.2) is 27.3 Å². The Balaban J connectivity index is 0.000000143. The normalized spacial score (nSPS) is 10.2. The van der Waals surface area contributed by atoms with Crippen LogP contribution in [0.25, 0.3) is 21.8 Å². The molecule has 0 spiro atoms. The number of thioether (sulfide) groups is 1. The second-order valence-electron chi connectivity index (χ2n) is 8.87. The number of carboxylic acid groups (broad SMARTS) is 1. The molecule has 2 aromatic heterocycles. The monoisotopic (exact) mass is 564 g/mol. The average Bonchev–Trinajstić information content (AvgIpc) is 2.99. The average molecular weight is 565 g/mol. The molecule has 0 amide bonds. The van der Waals surface area contributed by atoms with Crippen LogP contribution in [0.4, 0.5) is 0 Å². The molecule has 0 aliphatic carbocycles. The summed E-state index contributed by atoms with van der Waals surface area (Å²) in [5, 5.41) is 10.00. The molecule has 6 rings (SSSR count). The van der Waals surface area contributed by atoms with Crippen molar-refractivity contribution in [2.45, 2.75) is 11.8 Å². The van der Waals surface area contributed by atoms with Crippen LogP contribution in [0.2, 0.25) is 0 Å². The van der Waals surface area contributed by atoms with Gasteiger partial charge in [-0.3, -0.25) is 9.59 Å². The number of fused-ring (bicyclic) bond motifs is 2. The number of para-hydroxylation sites is 2. The molecule has 3 N–H and O–H groups in total. The van der Waals surface area contributed by atoms with E-state index >= 15 is 0 Å². The van der Waals surface area contributed by atoms with Crippen molar-refractivity contribution in [1.82, 2.24) is 9.97 Å². The lowest BCUT2D eigenvalue weighted by atomic mass is 10.1. The lowest BCUT2D eigenvalue weighted by molar-refractivity contribution is 0.0695. The summed E-state index contributed by atoms with van der Waals surface area (Å²) < 4.78 is 5.58. The van der Waals surface area contributed by atoms with Gasteiger partial charge in [-0.1, -0.05) is 48.0 Å². The highest BCUT2D eigenvalue weighted by molar-refractivity contribution is 7.98. The molecule has 6 aromatic rings. The zero-order chi connectivity index (χ0) is 29.2. The van der Waals surface area contributed by atoms with Crippen molar-refractivity contribution in [3.63, 3.8) is 0 Å². The summed E-state index contributed by atoms with van der Waals surface area (Å²) in [7, 11) is 0. The molecular weight excluding hydrogens is 536 g/mol. The molecule has 206 valence electrons. The number of aryl methyl sites for hydroxylation is 1. The first-order chi connectivity index (χ1) is 19.9. The standard InChI is InChI=1S/C12H10O.C11H9NO3S.C10H9NO/c1-3-7-11(8-4-1)13-12-9-5-2-6-10-12;1-16-6-2-3-9-7(4-6)10(13)8(5-12-9)11(14)15;1-7-2-3-9-8(6-7)10(12)4-5-11-9/h1-10H;2-5H,1H3,(H,12,13)(H,14,15);2-6H,1H3,(H,11,12). The van der Waals surface area contributed by atoms with Crippen LogP contribution in [0.1, 0.15) is 15.9 Å². The van der Waals surface area contributed by atoms with Gasteiger partial charge in [0, 0.05) is 45.2 Å². The summed E-state index contributed by atoms with van der Waals surface area (Å²) >= 11 is 1.51. The summed E-state index contributed by atoms with van der Waals surface area (Å²) in [6.07, 6.45) is 4.79. The Kier molecular flexibility index (Phi) is 9.75. The molecule has 0 saturated heterocycles. The number of hydrogen-bond acceptors (Lipinski definition) is 5.